The number of rotatable bonds is 8. The summed E-state index contributed by atoms with van der Waals surface area (Å²) >= 11 is 0. The van der Waals surface area contributed by atoms with Gasteiger partial charge in [-0.2, -0.15) is 13.2 Å². The van der Waals surface area contributed by atoms with Crippen LogP contribution in [-0.4, -0.2) is 40.7 Å². The van der Waals surface area contributed by atoms with Crippen molar-refractivity contribution in [3.05, 3.63) is 12.2 Å². The van der Waals surface area contributed by atoms with Crippen LogP contribution < -0.4 is 0 Å². The minimum absolute atomic E-state index is 0.0405. The Kier molecular flexibility index (Phi) is 7.94. The van der Waals surface area contributed by atoms with Crippen molar-refractivity contribution in [2.75, 3.05) is 0 Å². The van der Waals surface area contributed by atoms with Crippen LogP contribution in [0.4, 0.5) is 13.2 Å². The van der Waals surface area contributed by atoms with Gasteiger partial charge in [-0.15, -0.1) is 0 Å². The van der Waals surface area contributed by atoms with Gasteiger partial charge in [0.25, 0.3) is 0 Å². The van der Waals surface area contributed by atoms with Gasteiger partial charge in [0, 0.05) is 5.57 Å². The largest absolute Gasteiger partial charge is 0.459 e. The molecular formula is C20H33F3O4. The Morgan fingerprint density at radius 1 is 1.19 bits per heavy atom. The lowest BCUT2D eigenvalue weighted by atomic mass is 9.73. The average Bonchev–Trinajstić information content (AvgIpc) is 2.59. The van der Waals surface area contributed by atoms with Crippen molar-refractivity contribution in [2.24, 2.45) is 5.92 Å². The molecule has 2 atom stereocenters. The van der Waals surface area contributed by atoms with Crippen molar-refractivity contribution in [1.82, 2.24) is 0 Å². The molecule has 4 nitrogen and oxygen atoms in total. The molecule has 2 unspecified atom stereocenters. The molecule has 0 aromatic carbocycles. The standard InChI is InChI=1S/C20H33F3O4/c1-7-19(8-2,27-14(5)18(6,25)20(21,22)23)15-9-11-16(12-10-15)26-17(24)13(3)4/h14-16,25H,3,7-12H2,1-2,4-6H3. The van der Waals surface area contributed by atoms with E-state index in [4.69, 9.17) is 9.47 Å². The van der Waals surface area contributed by atoms with Crippen LogP contribution in [0.5, 0.6) is 0 Å². The molecule has 1 aliphatic carbocycles. The fraction of sp³-hybridized carbons (Fsp3) is 0.850. The molecule has 0 amide bonds. The number of carbonyl (C=O) groups is 1. The molecule has 1 aliphatic rings. The first-order valence-corrected chi connectivity index (χ1v) is 9.64. The Bertz CT molecular complexity index is 516. The monoisotopic (exact) mass is 394 g/mol. The average molecular weight is 394 g/mol. The fourth-order valence-corrected chi connectivity index (χ4v) is 3.75. The van der Waals surface area contributed by atoms with E-state index < -0.39 is 29.5 Å². The third kappa shape index (κ3) is 5.47. The van der Waals surface area contributed by atoms with Crippen LogP contribution in [-0.2, 0) is 14.3 Å². The summed E-state index contributed by atoms with van der Waals surface area (Å²) in [6.07, 6.45) is -2.62. The van der Waals surface area contributed by atoms with Crippen LogP contribution in [0.3, 0.4) is 0 Å². The topological polar surface area (TPSA) is 55.8 Å². The first-order chi connectivity index (χ1) is 12.3. The van der Waals surface area contributed by atoms with Crippen LogP contribution in [0.2, 0.25) is 0 Å². The predicted molar refractivity (Wildman–Crippen MR) is 97.2 cm³/mol. The summed E-state index contributed by atoms with van der Waals surface area (Å²) in [4.78, 5) is 11.7. The normalized spacial score (nSPS) is 24.8. The molecule has 7 heteroatoms. The van der Waals surface area contributed by atoms with Gasteiger partial charge >= 0.3 is 12.1 Å². The van der Waals surface area contributed by atoms with Crippen LogP contribution in [0.25, 0.3) is 0 Å². The van der Waals surface area contributed by atoms with E-state index in [1.165, 1.54) is 6.92 Å². The summed E-state index contributed by atoms with van der Waals surface area (Å²) in [5, 5.41) is 9.95. The molecule has 1 rings (SSSR count). The summed E-state index contributed by atoms with van der Waals surface area (Å²) < 4.78 is 50.8. The highest BCUT2D eigenvalue weighted by Gasteiger charge is 2.56. The quantitative estimate of drug-likeness (QED) is 0.468. The van der Waals surface area contributed by atoms with Crippen molar-refractivity contribution in [2.45, 2.75) is 103 Å². The van der Waals surface area contributed by atoms with Gasteiger partial charge in [-0.1, -0.05) is 20.4 Å². The molecule has 1 N–H and O–H groups in total. The van der Waals surface area contributed by atoms with E-state index in [0.717, 1.165) is 6.92 Å². The lowest BCUT2D eigenvalue weighted by molar-refractivity contribution is -0.304. The minimum Gasteiger partial charge on any atom is -0.459 e. The van der Waals surface area contributed by atoms with E-state index in [9.17, 15) is 23.1 Å². The number of esters is 1. The number of hydrogen-bond donors (Lipinski definition) is 1. The third-order valence-corrected chi connectivity index (χ3v) is 6.01. The number of halogens is 3. The third-order valence-electron chi connectivity index (χ3n) is 6.01. The Morgan fingerprint density at radius 3 is 2.04 bits per heavy atom. The van der Waals surface area contributed by atoms with E-state index in [-0.39, 0.29) is 12.0 Å². The molecule has 0 aliphatic heterocycles. The van der Waals surface area contributed by atoms with E-state index >= 15 is 0 Å². The maximum absolute atomic E-state index is 13.2. The Labute approximate surface area is 160 Å². The van der Waals surface area contributed by atoms with Crippen molar-refractivity contribution >= 4 is 5.97 Å². The molecule has 0 aromatic rings. The molecule has 0 spiro atoms. The highest BCUT2D eigenvalue weighted by molar-refractivity contribution is 5.87. The second-order valence-corrected chi connectivity index (χ2v) is 7.84. The van der Waals surface area contributed by atoms with Gasteiger partial charge in [0.15, 0.2) is 5.60 Å². The lowest BCUT2D eigenvalue weighted by Gasteiger charge is -2.46. The van der Waals surface area contributed by atoms with Crippen molar-refractivity contribution in [1.29, 1.82) is 0 Å². The zero-order chi connectivity index (χ0) is 21.0. The summed E-state index contributed by atoms with van der Waals surface area (Å²) in [5.41, 5.74) is -3.32. The van der Waals surface area contributed by atoms with Crippen LogP contribution in [0.1, 0.15) is 73.1 Å². The SMILES string of the molecule is C=C(C)C(=O)OC1CCC(C(CC)(CC)OC(C)C(C)(O)C(F)(F)F)CC1. The predicted octanol–water partition coefficient (Wildman–Crippen LogP) is 4.94. The zero-order valence-corrected chi connectivity index (χ0v) is 17.0. The van der Waals surface area contributed by atoms with Gasteiger partial charge in [-0.25, -0.2) is 4.79 Å². The van der Waals surface area contributed by atoms with Crippen LogP contribution >= 0.6 is 0 Å². The van der Waals surface area contributed by atoms with Gasteiger partial charge in [-0.3, -0.25) is 0 Å². The molecule has 0 heterocycles. The molecule has 1 fully saturated rings. The lowest BCUT2D eigenvalue weighted by Crippen LogP contribution is -2.56. The van der Waals surface area contributed by atoms with Crippen molar-refractivity contribution in [3.8, 4) is 0 Å². The molecule has 0 aromatic heterocycles. The Morgan fingerprint density at radius 2 is 1.67 bits per heavy atom. The zero-order valence-electron chi connectivity index (χ0n) is 17.0. The molecule has 0 radical (unpaired) electrons. The van der Waals surface area contributed by atoms with E-state index in [1.807, 2.05) is 13.8 Å². The van der Waals surface area contributed by atoms with Gasteiger partial charge in [0.2, 0.25) is 0 Å². The van der Waals surface area contributed by atoms with Crippen LogP contribution in [0.15, 0.2) is 12.2 Å². The second-order valence-electron chi connectivity index (χ2n) is 7.84. The highest BCUT2D eigenvalue weighted by atomic mass is 19.4. The van der Waals surface area contributed by atoms with E-state index in [2.05, 4.69) is 6.58 Å². The molecule has 27 heavy (non-hydrogen) atoms. The van der Waals surface area contributed by atoms with Crippen molar-refractivity contribution in [3.63, 3.8) is 0 Å². The number of hydrogen-bond acceptors (Lipinski definition) is 4. The first-order valence-electron chi connectivity index (χ1n) is 9.64. The number of ether oxygens (including phenoxy) is 2. The maximum atomic E-state index is 13.2. The summed E-state index contributed by atoms with van der Waals surface area (Å²) in [7, 11) is 0. The number of alkyl halides is 3. The van der Waals surface area contributed by atoms with Crippen molar-refractivity contribution < 1.29 is 32.5 Å². The van der Waals surface area contributed by atoms with E-state index in [0.29, 0.717) is 44.1 Å². The smallest absolute Gasteiger partial charge is 0.419 e. The summed E-state index contributed by atoms with van der Waals surface area (Å²) in [6.45, 7) is 11.0. The number of aliphatic hydroxyl groups is 1. The molecule has 0 bridgehead atoms. The maximum Gasteiger partial charge on any atom is 0.419 e. The van der Waals surface area contributed by atoms with Gasteiger partial charge in [0.05, 0.1) is 11.7 Å². The molecule has 158 valence electrons. The molecule has 0 saturated heterocycles. The minimum atomic E-state index is -4.77. The fourth-order valence-electron chi connectivity index (χ4n) is 3.75. The summed E-state index contributed by atoms with van der Waals surface area (Å²) in [5.74, 6) is -0.374. The first kappa shape index (κ1) is 24.0. The highest BCUT2D eigenvalue weighted by Crippen LogP contribution is 2.44. The second kappa shape index (κ2) is 8.95. The summed E-state index contributed by atoms with van der Waals surface area (Å²) in [6, 6.07) is 0. The molecule has 1 saturated carbocycles. The van der Waals surface area contributed by atoms with Crippen LogP contribution in [0, 0.1) is 5.92 Å². The van der Waals surface area contributed by atoms with E-state index in [1.54, 1.807) is 6.92 Å². The number of carbonyl (C=O) groups excluding carboxylic acids is 1. The van der Waals surface area contributed by atoms with Gasteiger partial charge < -0.3 is 14.6 Å². The Hall–Kier alpha value is -1.08. The van der Waals surface area contributed by atoms with Gasteiger partial charge in [0.1, 0.15) is 6.10 Å². The van der Waals surface area contributed by atoms with Gasteiger partial charge in [-0.05, 0) is 65.2 Å². The Balaban J connectivity index is 2.84. The molecular weight excluding hydrogens is 361 g/mol.